The van der Waals surface area contributed by atoms with Crippen LogP contribution in [0.1, 0.15) is 18.4 Å². The van der Waals surface area contributed by atoms with E-state index in [4.69, 9.17) is 0 Å². The molecule has 4 rings (SSSR count). The lowest BCUT2D eigenvalue weighted by Gasteiger charge is -2.51. The number of aliphatic hydroxyl groups is 1. The lowest BCUT2D eigenvalue weighted by Crippen LogP contribution is -2.63. The maximum atomic E-state index is 11.1. The van der Waals surface area contributed by atoms with Gasteiger partial charge < -0.3 is 9.59 Å². The molecular weight excluding hydrogens is 244 g/mol. The Morgan fingerprint density at radius 1 is 1.32 bits per heavy atom. The molecule has 3 aliphatic rings. The van der Waals surface area contributed by atoms with Crippen LogP contribution in [0.2, 0.25) is 0 Å². The summed E-state index contributed by atoms with van der Waals surface area (Å²) in [6.45, 7) is 3.49. The number of hydrogen-bond acceptors (Lipinski definition) is 3. The number of rotatable bonds is 3. The molecule has 1 N–H and O–H groups in total. The molecule has 0 saturated carbocycles. The van der Waals surface area contributed by atoms with Crippen LogP contribution in [-0.4, -0.2) is 40.3 Å². The average molecular weight is 263 g/mol. The normalized spacial score (nSPS) is 33.3. The fourth-order valence-corrected chi connectivity index (χ4v) is 3.66. The fraction of sp³-hybridized carbons (Fsp3) is 0.571. The first-order valence-corrected chi connectivity index (χ1v) is 6.85. The number of fused-ring (bicyclic) bond motifs is 3. The van der Waals surface area contributed by atoms with Crippen LogP contribution in [0.15, 0.2) is 24.3 Å². The van der Waals surface area contributed by atoms with Gasteiger partial charge in [0.2, 0.25) is 0 Å². The van der Waals surface area contributed by atoms with E-state index in [0.29, 0.717) is 12.5 Å². The molecule has 1 unspecified atom stereocenters. The highest BCUT2D eigenvalue weighted by atomic mass is 16.6. The zero-order valence-electron chi connectivity index (χ0n) is 10.9. The molecule has 0 spiro atoms. The topological polar surface area (TPSA) is 63.4 Å². The minimum Gasteiger partial charge on any atom is -0.387 e. The molecule has 0 amide bonds. The standard InChI is InChI=1S/C14H19N2O3/c17-14-10-16(7-5-11(14)6-8-16)9-12-3-1-2-4-13(12)15(18)19/h1-4,11,14,17H,5-10H2/q+1. The molecule has 1 aromatic carbocycles. The van der Waals surface area contributed by atoms with E-state index < -0.39 is 0 Å². The Labute approximate surface area is 112 Å². The predicted molar refractivity (Wildman–Crippen MR) is 70.4 cm³/mol. The molecule has 3 saturated heterocycles. The first-order chi connectivity index (χ1) is 9.10. The molecule has 2 bridgehead atoms. The van der Waals surface area contributed by atoms with Crippen molar-refractivity contribution in [2.24, 2.45) is 5.92 Å². The Balaban J connectivity index is 1.87. The summed E-state index contributed by atoms with van der Waals surface area (Å²) in [6, 6.07) is 6.98. The van der Waals surface area contributed by atoms with Crippen molar-refractivity contribution in [2.45, 2.75) is 25.5 Å². The van der Waals surface area contributed by atoms with Crippen LogP contribution in [0.3, 0.4) is 0 Å². The second-order valence-corrected chi connectivity index (χ2v) is 5.92. The zero-order chi connectivity index (χ0) is 13.5. The van der Waals surface area contributed by atoms with Crippen molar-refractivity contribution < 1.29 is 14.5 Å². The van der Waals surface area contributed by atoms with Gasteiger partial charge in [-0.25, -0.2) is 0 Å². The first kappa shape index (κ1) is 12.6. The van der Waals surface area contributed by atoms with Crippen molar-refractivity contribution >= 4 is 5.69 Å². The van der Waals surface area contributed by atoms with E-state index in [1.807, 2.05) is 12.1 Å². The number of hydrogen-bond donors (Lipinski definition) is 1. The lowest BCUT2D eigenvalue weighted by atomic mass is 9.83. The highest BCUT2D eigenvalue weighted by molar-refractivity contribution is 5.39. The lowest BCUT2D eigenvalue weighted by molar-refractivity contribution is -0.958. The molecular formula is C14H19N2O3+. The minimum atomic E-state index is -0.305. The van der Waals surface area contributed by atoms with Gasteiger partial charge in [-0.2, -0.15) is 0 Å². The molecule has 5 heteroatoms. The van der Waals surface area contributed by atoms with Gasteiger partial charge in [-0.15, -0.1) is 0 Å². The minimum absolute atomic E-state index is 0.206. The van der Waals surface area contributed by atoms with E-state index in [9.17, 15) is 15.2 Å². The second-order valence-electron chi connectivity index (χ2n) is 5.92. The van der Waals surface area contributed by atoms with E-state index in [2.05, 4.69) is 0 Å². The summed E-state index contributed by atoms with van der Waals surface area (Å²) in [5.41, 5.74) is 0.997. The average Bonchev–Trinajstić information content (AvgIpc) is 2.39. The van der Waals surface area contributed by atoms with Crippen LogP contribution < -0.4 is 0 Å². The summed E-state index contributed by atoms with van der Waals surface area (Å²) in [4.78, 5) is 10.8. The number of nitro groups is 1. The molecule has 5 nitrogen and oxygen atoms in total. The monoisotopic (exact) mass is 263 g/mol. The van der Waals surface area contributed by atoms with Gasteiger partial charge in [0.15, 0.2) is 0 Å². The van der Waals surface area contributed by atoms with Gasteiger partial charge in [-0.05, 0) is 6.07 Å². The maximum Gasteiger partial charge on any atom is 0.278 e. The smallest absolute Gasteiger partial charge is 0.278 e. The number of benzene rings is 1. The van der Waals surface area contributed by atoms with Gasteiger partial charge >= 0.3 is 0 Å². The Morgan fingerprint density at radius 3 is 2.63 bits per heavy atom. The Morgan fingerprint density at radius 2 is 2.00 bits per heavy atom. The van der Waals surface area contributed by atoms with Crippen molar-refractivity contribution in [1.82, 2.24) is 0 Å². The predicted octanol–water partition coefficient (Wildman–Crippen LogP) is 1.70. The number of para-hydroxylation sites is 1. The molecule has 1 atom stereocenters. The molecule has 3 fully saturated rings. The third kappa shape index (κ3) is 2.24. The van der Waals surface area contributed by atoms with Crippen molar-refractivity contribution in [1.29, 1.82) is 0 Å². The van der Waals surface area contributed by atoms with Crippen molar-refractivity contribution in [2.75, 3.05) is 19.6 Å². The Bertz CT molecular complexity index is 495. The molecule has 1 aromatic rings. The van der Waals surface area contributed by atoms with Crippen molar-refractivity contribution in [3.63, 3.8) is 0 Å². The van der Waals surface area contributed by atoms with Gasteiger partial charge in [-0.3, -0.25) is 10.1 Å². The van der Waals surface area contributed by atoms with Crippen molar-refractivity contribution in [3.05, 3.63) is 39.9 Å². The van der Waals surface area contributed by atoms with Crippen LogP contribution >= 0.6 is 0 Å². The molecule has 19 heavy (non-hydrogen) atoms. The molecule has 0 aliphatic carbocycles. The summed E-state index contributed by atoms with van der Waals surface area (Å²) >= 11 is 0. The number of piperidine rings is 3. The van der Waals surface area contributed by atoms with E-state index in [-0.39, 0.29) is 16.7 Å². The third-order valence-corrected chi connectivity index (χ3v) is 4.76. The molecule has 102 valence electrons. The molecule has 0 aromatic heterocycles. The molecule has 0 radical (unpaired) electrons. The highest BCUT2D eigenvalue weighted by Crippen LogP contribution is 2.36. The number of aliphatic hydroxyl groups excluding tert-OH is 1. The fourth-order valence-electron chi connectivity index (χ4n) is 3.66. The Hall–Kier alpha value is -1.46. The highest BCUT2D eigenvalue weighted by Gasteiger charge is 2.45. The van der Waals surface area contributed by atoms with Gasteiger partial charge in [0.05, 0.1) is 23.6 Å². The van der Waals surface area contributed by atoms with Crippen LogP contribution in [0.5, 0.6) is 0 Å². The third-order valence-electron chi connectivity index (χ3n) is 4.76. The number of nitro benzene ring substituents is 1. The number of nitrogens with zero attached hydrogens (tertiary/aromatic N) is 2. The van der Waals surface area contributed by atoms with Crippen molar-refractivity contribution in [3.8, 4) is 0 Å². The summed E-state index contributed by atoms with van der Waals surface area (Å²) in [5.74, 6) is 0.450. The largest absolute Gasteiger partial charge is 0.387 e. The molecule has 3 heterocycles. The van der Waals surface area contributed by atoms with Gasteiger partial charge in [0.1, 0.15) is 19.2 Å². The summed E-state index contributed by atoms with van der Waals surface area (Å²) in [5, 5.41) is 21.2. The summed E-state index contributed by atoms with van der Waals surface area (Å²) in [7, 11) is 0. The summed E-state index contributed by atoms with van der Waals surface area (Å²) in [6.07, 6.45) is 1.86. The molecule has 3 aliphatic heterocycles. The van der Waals surface area contributed by atoms with Crippen LogP contribution in [-0.2, 0) is 6.54 Å². The summed E-state index contributed by atoms with van der Waals surface area (Å²) < 4.78 is 0.808. The second kappa shape index (κ2) is 4.58. The van der Waals surface area contributed by atoms with E-state index >= 15 is 0 Å². The Kier molecular flexibility index (Phi) is 3.03. The van der Waals surface area contributed by atoms with E-state index in [1.54, 1.807) is 12.1 Å². The number of quaternary nitrogens is 1. The van der Waals surface area contributed by atoms with Gasteiger partial charge in [-0.1, -0.05) is 12.1 Å². The maximum absolute atomic E-state index is 11.1. The first-order valence-electron chi connectivity index (χ1n) is 6.85. The SMILES string of the molecule is O=[N+]([O-])c1ccccc1C[N+]12CCC(CC1)C(O)C2. The van der Waals surface area contributed by atoms with Crippen LogP contribution in [0.25, 0.3) is 0 Å². The van der Waals surface area contributed by atoms with Crippen LogP contribution in [0.4, 0.5) is 5.69 Å². The van der Waals surface area contributed by atoms with Gasteiger partial charge in [0, 0.05) is 24.8 Å². The van der Waals surface area contributed by atoms with E-state index in [0.717, 1.165) is 42.5 Å². The van der Waals surface area contributed by atoms with Gasteiger partial charge in [0.25, 0.3) is 5.69 Å². The van der Waals surface area contributed by atoms with Crippen LogP contribution in [0, 0.1) is 16.0 Å². The quantitative estimate of drug-likeness (QED) is 0.513. The van der Waals surface area contributed by atoms with E-state index in [1.165, 1.54) is 0 Å². The zero-order valence-corrected chi connectivity index (χ0v) is 10.9.